The van der Waals surface area contributed by atoms with Gasteiger partial charge >= 0.3 is 0 Å². The number of nitrogens with zero attached hydrogens (tertiary/aromatic N) is 2. The van der Waals surface area contributed by atoms with E-state index in [9.17, 15) is 0 Å². The van der Waals surface area contributed by atoms with Crippen molar-refractivity contribution in [3.8, 4) is 0 Å². The molecule has 0 atom stereocenters. The average molecular weight is 270 g/mol. The lowest BCUT2D eigenvalue weighted by molar-refractivity contribution is 0.322. The summed E-state index contributed by atoms with van der Waals surface area (Å²) < 4.78 is 0.797. The highest BCUT2D eigenvalue weighted by Gasteiger charge is 2.03. The van der Waals surface area contributed by atoms with Crippen LogP contribution in [0.15, 0.2) is 15.7 Å². The summed E-state index contributed by atoms with van der Waals surface area (Å²) in [5, 5.41) is 9.55. The first-order valence-corrected chi connectivity index (χ1v) is 5.31. The molecule has 0 aliphatic carbocycles. The van der Waals surface area contributed by atoms with Crippen molar-refractivity contribution in [2.75, 3.05) is 12.4 Å². The van der Waals surface area contributed by atoms with Gasteiger partial charge in [-0.05, 0) is 27.5 Å². The quantitative estimate of drug-likeness (QED) is 0.518. The molecule has 0 saturated carbocycles. The van der Waals surface area contributed by atoms with Crippen LogP contribution in [0.4, 0.5) is 0 Å². The van der Waals surface area contributed by atoms with Gasteiger partial charge in [-0.25, -0.2) is 9.97 Å². The zero-order valence-corrected chi connectivity index (χ0v) is 9.16. The molecular formula is C6H6BrClN2OS. The second-order valence-electron chi connectivity index (χ2n) is 1.86. The molecule has 66 valence electrons. The Bertz CT molecular complexity index is 274. The van der Waals surface area contributed by atoms with Gasteiger partial charge in [0, 0.05) is 11.9 Å². The molecule has 12 heavy (non-hydrogen) atoms. The van der Waals surface area contributed by atoms with Crippen LogP contribution in [0.5, 0.6) is 0 Å². The third-order valence-corrected chi connectivity index (χ3v) is 3.01. The lowest BCUT2D eigenvalue weighted by atomic mass is 10.7. The maximum absolute atomic E-state index is 8.58. The van der Waals surface area contributed by atoms with Crippen molar-refractivity contribution in [1.82, 2.24) is 9.97 Å². The van der Waals surface area contributed by atoms with E-state index in [1.165, 1.54) is 11.8 Å². The lowest BCUT2D eigenvalue weighted by Crippen LogP contribution is -1.90. The van der Waals surface area contributed by atoms with Crippen molar-refractivity contribution < 1.29 is 5.11 Å². The SMILES string of the molecule is OCCSc1nc(Cl)ncc1Br. The van der Waals surface area contributed by atoms with Crippen molar-refractivity contribution in [1.29, 1.82) is 0 Å². The first-order chi connectivity index (χ1) is 5.74. The predicted molar refractivity (Wildman–Crippen MR) is 52.6 cm³/mol. The smallest absolute Gasteiger partial charge is 0.223 e. The van der Waals surface area contributed by atoms with Crippen LogP contribution in [0, 0.1) is 0 Å². The van der Waals surface area contributed by atoms with Crippen molar-refractivity contribution in [3.63, 3.8) is 0 Å². The number of hydrogen-bond donors (Lipinski definition) is 1. The topological polar surface area (TPSA) is 46.0 Å². The number of halogens is 2. The van der Waals surface area contributed by atoms with Gasteiger partial charge < -0.3 is 5.11 Å². The Morgan fingerprint density at radius 2 is 2.42 bits per heavy atom. The van der Waals surface area contributed by atoms with E-state index in [1.807, 2.05) is 0 Å². The largest absolute Gasteiger partial charge is 0.396 e. The number of aliphatic hydroxyl groups is 1. The average Bonchev–Trinajstić information content (AvgIpc) is 2.07. The van der Waals surface area contributed by atoms with Crippen LogP contribution in [-0.4, -0.2) is 27.4 Å². The Morgan fingerprint density at radius 1 is 1.67 bits per heavy atom. The zero-order valence-electron chi connectivity index (χ0n) is 6.00. The van der Waals surface area contributed by atoms with Gasteiger partial charge in [0.15, 0.2) is 0 Å². The zero-order chi connectivity index (χ0) is 8.97. The van der Waals surface area contributed by atoms with Gasteiger partial charge in [0.1, 0.15) is 5.03 Å². The fourth-order valence-corrected chi connectivity index (χ4v) is 1.92. The molecule has 0 fully saturated rings. The number of aromatic nitrogens is 2. The summed E-state index contributed by atoms with van der Waals surface area (Å²) >= 11 is 10.3. The normalized spacial score (nSPS) is 10.2. The summed E-state index contributed by atoms with van der Waals surface area (Å²) in [5.74, 6) is 0.603. The van der Waals surface area contributed by atoms with E-state index in [0.717, 1.165) is 9.50 Å². The van der Waals surface area contributed by atoms with E-state index >= 15 is 0 Å². The third kappa shape index (κ3) is 2.90. The van der Waals surface area contributed by atoms with E-state index in [4.69, 9.17) is 16.7 Å². The molecule has 1 aromatic rings. The molecule has 3 nitrogen and oxygen atoms in total. The summed E-state index contributed by atoms with van der Waals surface area (Å²) in [5.41, 5.74) is 0. The summed E-state index contributed by atoms with van der Waals surface area (Å²) in [7, 11) is 0. The molecule has 0 aliphatic heterocycles. The highest BCUT2D eigenvalue weighted by atomic mass is 79.9. The summed E-state index contributed by atoms with van der Waals surface area (Å²) in [6, 6.07) is 0. The molecular weight excluding hydrogens is 264 g/mol. The van der Waals surface area contributed by atoms with Crippen LogP contribution in [-0.2, 0) is 0 Å². The molecule has 0 unspecified atom stereocenters. The van der Waals surface area contributed by atoms with Crippen LogP contribution in [0.25, 0.3) is 0 Å². The third-order valence-electron chi connectivity index (χ3n) is 1.01. The molecule has 0 aromatic carbocycles. The van der Waals surface area contributed by atoms with E-state index < -0.39 is 0 Å². The number of thioether (sulfide) groups is 1. The highest BCUT2D eigenvalue weighted by molar-refractivity contribution is 9.10. The van der Waals surface area contributed by atoms with E-state index in [-0.39, 0.29) is 11.9 Å². The number of hydrogen-bond acceptors (Lipinski definition) is 4. The van der Waals surface area contributed by atoms with Crippen LogP contribution >= 0.6 is 39.3 Å². The van der Waals surface area contributed by atoms with Gasteiger partial charge in [-0.1, -0.05) is 0 Å². The Balaban J connectivity index is 2.75. The molecule has 0 saturated heterocycles. The van der Waals surface area contributed by atoms with E-state index in [0.29, 0.717) is 5.75 Å². The van der Waals surface area contributed by atoms with Gasteiger partial charge in [0.05, 0.1) is 11.1 Å². The standard InChI is InChI=1S/C6H6BrClN2OS/c7-4-3-9-6(8)10-5(4)12-2-1-11/h3,11H,1-2H2. The molecule has 6 heteroatoms. The molecule has 1 N–H and O–H groups in total. The van der Waals surface area contributed by atoms with Gasteiger partial charge in [-0.3, -0.25) is 0 Å². The number of rotatable bonds is 3. The van der Waals surface area contributed by atoms with Crippen LogP contribution < -0.4 is 0 Å². The van der Waals surface area contributed by atoms with Crippen LogP contribution in [0.2, 0.25) is 5.28 Å². The van der Waals surface area contributed by atoms with Crippen LogP contribution in [0.3, 0.4) is 0 Å². The Hall–Kier alpha value is 0.160. The van der Waals surface area contributed by atoms with Crippen molar-refractivity contribution in [2.45, 2.75) is 5.03 Å². The Kier molecular flexibility index (Phi) is 4.28. The fourth-order valence-electron chi connectivity index (χ4n) is 0.575. The predicted octanol–water partition coefficient (Wildman–Crippen LogP) is 1.98. The summed E-state index contributed by atoms with van der Waals surface area (Å²) in [6.45, 7) is 0.124. The van der Waals surface area contributed by atoms with Gasteiger partial charge in [0.2, 0.25) is 5.28 Å². The molecule has 0 spiro atoms. The van der Waals surface area contributed by atoms with Crippen LogP contribution in [0.1, 0.15) is 0 Å². The van der Waals surface area contributed by atoms with Crippen molar-refractivity contribution >= 4 is 39.3 Å². The molecule has 0 amide bonds. The van der Waals surface area contributed by atoms with Crippen molar-refractivity contribution in [2.24, 2.45) is 0 Å². The Morgan fingerprint density at radius 3 is 3.08 bits per heavy atom. The minimum atomic E-state index is 0.124. The number of aliphatic hydroxyl groups excluding tert-OH is 1. The van der Waals surface area contributed by atoms with Gasteiger partial charge in [0.25, 0.3) is 0 Å². The minimum absolute atomic E-state index is 0.124. The lowest BCUT2D eigenvalue weighted by Gasteiger charge is -2.00. The maximum Gasteiger partial charge on any atom is 0.223 e. The minimum Gasteiger partial charge on any atom is -0.396 e. The summed E-state index contributed by atoms with van der Waals surface area (Å²) in [6.07, 6.45) is 1.59. The van der Waals surface area contributed by atoms with Gasteiger partial charge in [-0.15, -0.1) is 11.8 Å². The molecule has 0 radical (unpaired) electrons. The molecule has 0 bridgehead atoms. The molecule has 1 rings (SSSR count). The second kappa shape index (κ2) is 5.01. The van der Waals surface area contributed by atoms with E-state index in [2.05, 4.69) is 25.9 Å². The van der Waals surface area contributed by atoms with Crippen molar-refractivity contribution in [3.05, 3.63) is 16.0 Å². The molecule has 1 aromatic heterocycles. The van der Waals surface area contributed by atoms with E-state index in [1.54, 1.807) is 6.20 Å². The highest BCUT2D eigenvalue weighted by Crippen LogP contribution is 2.25. The first kappa shape index (κ1) is 10.2. The second-order valence-corrected chi connectivity index (χ2v) is 4.14. The monoisotopic (exact) mass is 268 g/mol. The maximum atomic E-state index is 8.58. The molecule has 0 aliphatic rings. The first-order valence-electron chi connectivity index (χ1n) is 3.15. The summed E-state index contributed by atoms with van der Waals surface area (Å²) in [4.78, 5) is 7.75. The fraction of sp³-hybridized carbons (Fsp3) is 0.333. The van der Waals surface area contributed by atoms with Gasteiger partial charge in [-0.2, -0.15) is 0 Å². The molecule has 1 heterocycles. The Labute approximate surface area is 87.7 Å².